The molecule has 2 heterocycles. The summed E-state index contributed by atoms with van der Waals surface area (Å²) in [6.07, 6.45) is 3.82. The van der Waals surface area contributed by atoms with Crippen LogP contribution in [-0.4, -0.2) is 36.8 Å². The maximum Gasteiger partial charge on any atom is 0.264 e. The maximum absolute atomic E-state index is 13.2. The largest absolute Gasteiger partial charge is 0.330 e. The van der Waals surface area contributed by atoms with Gasteiger partial charge in [-0.2, -0.15) is 0 Å². The second-order valence-electron chi connectivity index (χ2n) is 6.89. The molecule has 0 N–H and O–H groups in total. The van der Waals surface area contributed by atoms with Crippen molar-refractivity contribution in [1.82, 2.24) is 4.90 Å². The Kier molecular flexibility index (Phi) is 4.41. The molecule has 0 saturated carbocycles. The molecule has 4 nitrogen and oxygen atoms in total. The van der Waals surface area contributed by atoms with Crippen molar-refractivity contribution in [2.45, 2.75) is 38.3 Å². The molecule has 1 atom stereocenters. The molecule has 2 aliphatic rings. The van der Waals surface area contributed by atoms with Crippen LogP contribution in [0, 0.1) is 0 Å². The third kappa shape index (κ3) is 3.51. The van der Waals surface area contributed by atoms with Gasteiger partial charge in [0.05, 0.1) is 16.4 Å². The third-order valence-electron chi connectivity index (χ3n) is 5.06. The summed E-state index contributed by atoms with van der Waals surface area (Å²) in [5.41, 5.74) is 2.33. The lowest BCUT2D eigenvalue weighted by atomic mass is 10.1. The summed E-state index contributed by atoms with van der Waals surface area (Å²) < 4.78 is 23.9. The first kappa shape index (κ1) is 16.8. The highest BCUT2D eigenvalue weighted by Gasteiger charge is 2.35. The first-order valence-corrected chi connectivity index (χ1v) is 11.3. The number of thiophene rings is 1. The van der Waals surface area contributed by atoms with Crippen molar-refractivity contribution >= 4 is 27.1 Å². The van der Waals surface area contributed by atoms with E-state index in [9.17, 15) is 13.2 Å². The van der Waals surface area contributed by atoms with E-state index in [1.165, 1.54) is 16.9 Å². The topological polar surface area (TPSA) is 54.5 Å². The van der Waals surface area contributed by atoms with Crippen LogP contribution in [0.5, 0.6) is 0 Å². The normalized spacial score (nSPS) is 21.2. The van der Waals surface area contributed by atoms with Crippen LogP contribution in [-0.2, 0) is 29.2 Å². The summed E-state index contributed by atoms with van der Waals surface area (Å²) in [7, 11) is -3.04. The molecule has 0 radical (unpaired) electrons. The number of carbonyl (C=O) groups excluding carboxylic acids is 1. The predicted molar refractivity (Wildman–Crippen MR) is 99.7 cm³/mol. The highest BCUT2D eigenvalue weighted by Crippen LogP contribution is 2.32. The van der Waals surface area contributed by atoms with Gasteiger partial charge in [-0.1, -0.05) is 30.3 Å². The van der Waals surface area contributed by atoms with Gasteiger partial charge in [-0.3, -0.25) is 4.79 Å². The molecule has 2 aromatic rings. The van der Waals surface area contributed by atoms with Gasteiger partial charge >= 0.3 is 0 Å². The zero-order chi connectivity index (χ0) is 17.4. The van der Waals surface area contributed by atoms with Crippen LogP contribution in [0.4, 0.5) is 0 Å². The Labute approximate surface area is 152 Å². The fourth-order valence-electron chi connectivity index (χ4n) is 3.74. The van der Waals surface area contributed by atoms with Crippen LogP contribution in [0.2, 0.25) is 0 Å². The predicted octanol–water partition coefficient (Wildman–Crippen LogP) is 3.07. The lowest BCUT2D eigenvalue weighted by Crippen LogP contribution is -2.40. The minimum absolute atomic E-state index is 0.0228. The van der Waals surface area contributed by atoms with E-state index in [1.54, 1.807) is 16.2 Å². The van der Waals surface area contributed by atoms with E-state index in [4.69, 9.17) is 0 Å². The Bertz CT molecular complexity index is 865. The molecule has 1 aliphatic carbocycles. The molecule has 132 valence electrons. The SMILES string of the molecule is O=C(c1cc2c(s1)CCC2)N(Cc1ccccc1)[C@H]1CCS(=O)(=O)C1. The fraction of sp³-hybridized carbons (Fsp3) is 0.421. The molecule has 25 heavy (non-hydrogen) atoms. The van der Waals surface area contributed by atoms with E-state index in [-0.39, 0.29) is 23.5 Å². The van der Waals surface area contributed by atoms with Crippen LogP contribution < -0.4 is 0 Å². The molecule has 1 amide bonds. The van der Waals surface area contributed by atoms with Crippen molar-refractivity contribution in [2.75, 3.05) is 11.5 Å². The van der Waals surface area contributed by atoms with E-state index < -0.39 is 9.84 Å². The Morgan fingerprint density at radius 1 is 1.20 bits per heavy atom. The van der Waals surface area contributed by atoms with E-state index >= 15 is 0 Å². The Morgan fingerprint density at radius 2 is 2.00 bits per heavy atom. The Hall–Kier alpha value is -1.66. The van der Waals surface area contributed by atoms with Gasteiger partial charge in [0, 0.05) is 17.5 Å². The number of aryl methyl sites for hydroxylation is 2. The van der Waals surface area contributed by atoms with Crippen LogP contribution in [0.3, 0.4) is 0 Å². The van der Waals surface area contributed by atoms with Crippen molar-refractivity contribution in [3.8, 4) is 0 Å². The lowest BCUT2D eigenvalue weighted by Gasteiger charge is -2.28. The number of hydrogen-bond donors (Lipinski definition) is 0. The van der Waals surface area contributed by atoms with Crippen LogP contribution in [0.15, 0.2) is 36.4 Å². The van der Waals surface area contributed by atoms with E-state index in [0.29, 0.717) is 13.0 Å². The van der Waals surface area contributed by atoms with Crippen molar-refractivity contribution in [1.29, 1.82) is 0 Å². The minimum atomic E-state index is -3.04. The standard InChI is InChI=1S/C19H21NO3S2/c21-19(18-11-15-7-4-8-17(15)24-18)20(12-14-5-2-1-3-6-14)16-9-10-25(22,23)13-16/h1-3,5-6,11,16H,4,7-10,12-13H2/t16-/m0/s1. The molecule has 6 heteroatoms. The molecule has 0 bridgehead atoms. The van der Waals surface area contributed by atoms with E-state index in [0.717, 1.165) is 23.3 Å². The average Bonchev–Trinajstić information content (AvgIpc) is 3.27. The summed E-state index contributed by atoms with van der Waals surface area (Å²) in [6, 6.07) is 11.6. The Balaban J connectivity index is 1.63. The molecular weight excluding hydrogens is 354 g/mol. The van der Waals surface area contributed by atoms with Gasteiger partial charge < -0.3 is 4.90 Å². The number of hydrogen-bond acceptors (Lipinski definition) is 4. The molecule has 0 spiro atoms. The maximum atomic E-state index is 13.2. The lowest BCUT2D eigenvalue weighted by molar-refractivity contribution is 0.0686. The molecule has 1 fully saturated rings. The van der Waals surface area contributed by atoms with Crippen molar-refractivity contribution in [3.05, 3.63) is 57.3 Å². The van der Waals surface area contributed by atoms with E-state index in [2.05, 4.69) is 0 Å². The van der Waals surface area contributed by atoms with Crippen molar-refractivity contribution in [3.63, 3.8) is 0 Å². The number of benzene rings is 1. The minimum Gasteiger partial charge on any atom is -0.330 e. The highest BCUT2D eigenvalue weighted by atomic mass is 32.2. The quantitative estimate of drug-likeness (QED) is 0.825. The molecule has 1 aliphatic heterocycles. The summed E-state index contributed by atoms with van der Waals surface area (Å²) >= 11 is 1.59. The second-order valence-corrected chi connectivity index (χ2v) is 10.3. The number of fused-ring (bicyclic) bond motifs is 1. The van der Waals surface area contributed by atoms with Gasteiger partial charge in [-0.25, -0.2) is 8.42 Å². The molecule has 0 unspecified atom stereocenters. The van der Waals surface area contributed by atoms with Crippen molar-refractivity contribution < 1.29 is 13.2 Å². The monoisotopic (exact) mass is 375 g/mol. The summed E-state index contributed by atoms with van der Waals surface area (Å²) in [5, 5.41) is 0. The highest BCUT2D eigenvalue weighted by molar-refractivity contribution is 7.91. The first-order chi connectivity index (χ1) is 12.0. The van der Waals surface area contributed by atoms with Gasteiger partial charge in [-0.05, 0) is 42.9 Å². The third-order valence-corrected chi connectivity index (χ3v) is 8.04. The summed E-state index contributed by atoms with van der Waals surface area (Å²) in [6.45, 7) is 0.461. The van der Waals surface area contributed by atoms with E-state index in [1.807, 2.05) is 36.4 Å². The van der Waals surface area contributed by atoms with Crippen LogP contribution in [0.25, 0.3) is 0 Å². The smallest absolute Gasteiger partial charge is 0.264 e. The summed E-state index contributed by atoms with van der Waals surface area (Å²) in [4.78, 5) is 17.0. The van der Waals surface area contributed by atoms with Gasteiger partial charge in [0.1, 0.15) is 0 Å². The van der Waals surface area contributed by atoms with Gasteiger partial charge in [0.25, 0.3) is 5.91 Å². The van der Waals surface area contributed by atoms with Crippen molar-refractivity contribution in [2.24, 2.45) is 0 Å². The number of amides is 1. The summed E-state index contributed by atoms with van der Waals surface area (Å²) in [5.74, 6) is 0.235. The Morgan fingerprint density at radius 3 is 2.68 bits per heavy atom. The second kappa shape index (κ2) is 6.57. The van der Waals surface area contributed by atoms with Gasteiger partial charge in [-0.15, -0.1) is 11.3 Å². The molecule has 4 rings (SSSR count). The molecule has 1 aromatic carbocycles. The van der Waals surface area contributed by atoms with Crippen LogP contribution in [0.1, 0.15) is 38.5 Å². The fourth-order valence-corrected chi connectivity index (χ4v) is 6.68. The number of rotatable bonds is 4. The van der Waals surface area contributed by atoms with Gasteiger partial charge in [0.15, 0.2) is 9.84 Å². The number of sulfone groups is 1. The molecular formula is C19H21NO3S2. The molecule has 1 aromatic heterocycles. The number of carbonyl (C=O) groups is 1. The average molecular weight is 376 g/mol. The van der Waals surface area contributed by atoms with Crippen LogP contribution >= 0.6 is 11.3 Å². The number of nitrogens with zero attached hydrogens (tertiary/aromatic N) is 1. The molecule has 1 saturated heterocycles. The zero-order valence-corrected chi connectivity index (χ0v) is 15.6. The zero-order valence-electron chi connectivity index (χ0n) is 14.0. The van der Waals surface area contributed by atoms with Gasteiger partial charge in [0.2, 0.25) is 0 Å². The first-order valence-electron chi connectivity index (χ1n) is 8.69.